The van der Waals surface area contributed by atoms with Gasteiger partial charge in [-0.3, -0.25) is 4.99 Å². The van der Waals surface area contributed by atoms with Gasteiger partial charge in [-0.05, 0) is 38.6 Å². The van der Waals surface area contributed by atoms with Gasteiger partial charge in [-0.15, -0.1) is 0 Å². The van der Waals surface area contributed by atoms with Crippen LogP contribution < -0.4 is 20.5 Å². The Bertz CT molecular complexity index is 504. The molecule has 0 bridgehead atoms. The van der Waals surface area contributed by atoms with E-state index in [1.165, 1.54) is 12.8 Å². The Balaban J connectivity index is 1.96. The summed E-state index contributed by atoms with van der Waals surface area (Å²) in [5, 5.41) is 3.08. The van der Waals surface area contributed by atoms with Gasteiger partial charge >= 0.3 is 0 Å². The average Bonchev–Trinajstić information content (AvgIpc) is 2.90. The first-order valence-electron chi connectivity index (χ1n) is 7.13. The number of nitrogens with zero attached hydrogens (tertiary/aromatic N) is 2. The normalized spacial score (nSPS) is 19.6. The summed E-state index contributed by atoms with van der Waals surface area (Å²) in [6.45, 7) is 1.87. The Morgan fingerprint density at radius 3 is 2.76 bits per heavy atom. The van der Waals surface area contributed by atoms with Crippen molar-refractivity contribution in [1.29, 1.82) is 0 Å². The molecule has 1 unspecified atom stereocenters. The molecule has 116 valence electrons. The number of aliphatic imine (C=N–C) groups is 1. The molecule has 6 nitrogen and oxygen atoms in total. The number of ether oxygens (including phenoxy) is 2. The van der Waals surface area contributed by atoms with Gasteiger partial charge in [0.05, 0.1) is 20.8 Å². The third-order valence-electron chi connectivity index (χ3n) is 3.80. The van der Waals surface area contributed by atoms with Crippen LogP contribution in [0.2, 0.25) is 0 Å². The number of anilines is 1. The van der Waals surface area contributed by atoms with Crippen LogP contribution in [0.4, 0.5) is 5.69 Å². The maximum atomic E-state index is 5.94. The summed E-state index contributed by atoms with van der Waals surface area (Å²) in [7, 11) is 5.35. The second kappa shape index (κ2) is 7.17. The van der Waals surface area contributed by atoms with Crippen LogP contribution >= 0.6 is 0 Å². The van der Waals surface area contributed by atoms with Gasteiger partial charge in [0.25, 0.3) is 0 Å². The van der Waals surface area contributed by atoms with Crippen LogP contribution in [-0.2, 0) is 0 Å². The lowest BCUT2D eigenvalue weighted by molar-refractivity contribution is 0.317. The predicted molar refractivity (Wildman–Crippen MR) is 85.3 cm³/mol. The van der Waals surface area contributed by atoms with Gasteiger partial charge in [-0.1, -0.05) is 0 Å². The maximum Gasteiger partial charge on any atom is 0.193 e. The van der Waals surface area contributed by atoms with Crippen molar-refractivity contribution in [3.63, 3.8) is 0 Å². The molecule has 1 atom stereocenters. The van der Waals surface area contributed by atoms with E-state index in [1.807, 2.05) is 18.2 Å². The number of hydrogen-bond acceptors (Lipinski definition) is 4. The van der Waals surface area contributed by atoms with E-state index in [-0.39, 0.29) is 0 Å². The lowest BCUT2D eigenvalue weighted by Crippen LogP contribution is -2.30. The Kier molecular flexibility index (Phi) is 5.27. The number of likely N-dealkylation sites (N-methyl/N-ethyl adjacent to an activating group) is 1. The molecule has 6 heteroatoms. The fourth-order valence-corrected chi connectivity index (χ4v) is 2.52. The minimum Gasteiger partial charge on any atom is -0.493 e. The van der Waals surface area contributed by atoms with Gasteiger partial charge in [0.2, 0.25) is 0 Å². The van der Waals surface area contributed by atoms with Gasteiger partial charge in [0.15, 0.2) is 17.5 Å². The van der Waals surface area contributed by atoms with Crippen molar-refractivity contribution in [2.24, 2.45) is 10.7 Å². The number of methoxy groups -OCH3 is 2. The smallest absolute Gasteiger partial charge is 0.193 e. The van der Waals surface area contributed by atoms with E-state index in [0.717, 1.165) is 18.8 Å². The average molecular weight is 292 g/mol. The van der Waals surface area contributed by atoms with E-state index >= 15 is 0 Å². The lowest BCUT2D eigenvalue weighted by Gasteiger charge is -2.17. The fraction of sp³-hybridized carbons (Fsp3) is 0.533. The van der Waals surface area contributed by atoms with E-state index in [2.05, 4.69) is 22.3 Å². The monoisotopic (exact) mass is 292 g/mol. The molecule has 1 aliphatic rings. The highest BCUT2D eigenvalue weighted by atomic mass is 16.5. The summed E-state index contributed by atoms with van der Waals surface area (Å²) in [6.07, 6.45) is 2.42. The molecule has 0 aliphatic carbocycles. The second-order valence-corrected chi connectivity index (χ2v) is 5.20. The zero-order valence-corrected chi connectivity index (χ0v) is 12.9. The second-order valence-electron chi connectivity index (χ2n) is 5.20. The molecule has 0 radical (unpaired) electrons. The molecule has 1 aliphatic heterocycles. The first-order valence-corrected chi connectivity index (χ1v) is 7.13. The van der Waals surface area contributed by atoms with Crippen molar-refractivity contribution in [3.05, 3.63) is 18.2 Å². The Labute approximate surface area is 125 Å². The minimum atomic E-state index is 0.419. The molecule has 3 N–H and O–H groups in total. The molecule has 1 fully saturated rings. The summed E-state index contributed by atoms with van der Waals surface area (Å²) in [5.41, 5.74) is 6.77. The maximum absolute atomic E-state index is 5.94. The molecule has 1 aromatic carbocycles. The third kappa shape index (κ3) is 4.01. The van der Waals surface area contributed by atoms with Gasteiger partial charge in [0, 0.05) is 17.8 Å². The van der Waals surface area contributed by atoms with E-state index < -0.39 is 0 Å². The SMILES string of the molecule is COc1ccc(NC(N)=NCC2CCCN2C)cc1OC. The molecule has 1 aromatic rings. The number of likely N-dealkylation sites (tertiary alicyclic amines) is 1. The minimum absolute atomic E-state index is 0.419. The Morgan fingerprint density at radius 2 is 2.14 bits per heavy atom. The summed E-state index contributed by atoms with van der Waals surface area (Å²) < 4.78 is 10.5. The van der Waals surface area contributed by atoms with Crippen LogP contribution in [0, 0.1) is 0 Å². The first-order chi connectivity index (χ1) is 10.1. The highest BCUT2D eigenvalue weighted by molar-refractivity contribution is 5.92. The van der Waals surface area contributed by atoms with Crippen LogP contribution in [-0.4, -0.2) is 51.3 Å². The summed E-state index contributed by atoms with van der Waals surface area (Å²) >= 11 is 0. The van der Waals surface area contributed by atoms with E-state index in [4.69, 9.17) is 15.2 Å². The van der Waals surface area contributed by atoms with E-state index in [0.29, 0.717) is 23.5 Å². The van der Waals surface area contributed by atoms with Crippen LogP contribution in [0.5, 0.6) is 11.5 Å². The molecule has 2 rings (SSSR count). The van der Waals surface area contributed by atoms with Gasteiger partial charge < -0.3 is 25.4 Å². The summed E-state index contributed by atoms with van der Waals surface area (Å²) in [6, 6.07) is 6.05. The summed E-state index contributed by atoms with van der Waals surface area (Å²) in [5.74, 6) is 1.76. The van der Waals surface area contributed by atoms with Crippen LogP contribution in [0.15, 0.2) is 23.2 Å². The molecule has 0 aromatic heterocycles. The number of nitrogens with one attached hydrogen (secondary N) is 1. The Morgan fingerprint density at radius 1 is 1.38 bits per heavy atom. The highest BCUT2D eigenvalue weighted by Crippen LogP contribution is 2.29. The molecule has 0 spiro atoms. The molecular weight excluding hydrogens is 268 g/mol. The number of rotatable bonds is 5. The highest BCUT2D eigenvalue weighted by Gasteiger charge is 2.20. The zero-order chi connectivity index (χ0) is 15.2. The van der Waals surface area contributed by atoms with Crippen LogP contribution in [0.3, 0.4) is 0 Å². The predicted octanol–water partition coefficient (Wildman–Crippen LogP) is 1.52. The third-order valence-corrected chi connectivity index (χ3v) is 3.80. The van der Waals surface area contributed by atoms with Crippen molar-refractivity contribution < 1.29 is 9.47 Å². The van der Waals surface area contributed by atoms with E-state index in [9.17, 15) is 0 Å². The van der Waals surface area contributed by atoms with E-state index in [1.54, 1.807) is 14.2 Å². The Hall–Kier alpha value is -1.95. The summed E-state index contributed by atoms with van der Waals surface area (Å²) in [4.78, 5) is 6.75. The van der Waals surface area contributed by atoms with Crippen molar-refractivity contribution in [3.8, 4) is 11.5 Å². The quantitative estimate of drug-likeness (QED) is 0.636. The van der Waals surface area contributed by atoms with Crippen molar-refractivity contribution in [2.75, 3.05) is 39.7 Å². The van der Waals surface area contributed by atoms with Gasteiger partial charge in [-0.25, -0.2) is 0 Å². The van der Waals surface area contributed by atoms with Crippen LogP contribution in [0.1, 0.15) is 12.8 Å². The number of hydrogen-bond donors (Lipinski definition) is 2. The topological polar surface area (TPSA) is 72.1 Å². The largest absolute Gasteiger partial charge is 0.493 e. The van der Waals surface area contributed by atoms with Crippen molar-refractivity contribution in [1.82, 2.24) is 4.90 Å². The van der Waals surface area contributed by atoms with Crippen LogP contribution in [0.25, 0.3) is 0 Å². The number of nitrogens with two attached hydrogens (primary N) is 1. The molecule has 1 saturated heterocycles. The number of guanidine groups is 1. The number of benzene rings is 1. The molecular formula is C15H24N4O2. The van der Waals surface area contributed by atoms with Crippen molar-refractivity contribution >= 4 is 11.6 Å². The standard InChI is InChI=1S/C15H24N4O2/c1-19-8-4-5-12(19)10-17-15(16)18-11-6-7-13(20-2)14(9-11)21-3/h6-7,9,12H,4-5,8,10H2,1-3H3,(H3,16,17,18). The molecule has 0 saturated carbocycles. The lowest BCUT2D eigenvalue weighted by atomic mass is 10.2. The molecule has 0 amide bonds. The fourth-order valence-electron chi connectivity index (χ4n) is 2.52. The van der Waals surface area contributed by atoms with Crippen molar-refractivity contribution in [2.45, 2.75) is 18.9 Å². The van der Waals surface area contributed by atoms with Gasteiger partial charge in [0.1, 0.15) is 0 Å². The zero-order valence-electron chi connectivity index (χ0n) is 12.9. The first kappa shape index (κ1) is 15.4. The molecule has 1 heterocycles. The van der Waals surface area contributed by atoms with Gasteiger partial charge in [-0.2, -0.15) is 0 Å². The molecule has 21 heavy (non-hydrogen) atoms.